The van der Waals surface area contributed by atoms with E-state index in [0.29, 0.717) is 0 Å². The molecule has 0 saturated carbocycles. The Morgan fingerprint density at radius 1 is 0.947 bits per heavy atom. The molecule has 1 atom stereocenters. The minimum atomic E-state index is 0.108. The van der Waals surface area contributed by atoms with Gasteiger partial charge in [0.2, 0.25) is 0 Å². The Hall–Kier alpha value is -0.800. The highest BCUT2D eigenvalue weighted by molar-refractivity contribution is 9.11. The summed E-state index contributed by atoms with van der Waals surface area (Å²) < 4.78 is 6.57. The summed E-state index contributed by atoms with van der Waals surface area (Å²) in [4.78, 5) is 0.108. The lowest BCUT2D eigenvalue weighted by Gasteiger charge is -2.17. The van der Waals surface area contributed by atoms with E-state index in [2.05, 4.69) is 76.0 Å². The van der Waals surface area contributed by atoms with Crippen molar-refractivity contribution >= 4 is 31.9 Å². The lowest BCUT2D eigenvalue weighted by atomic mass is 10.0. The Kier molecular flexibility index (Phi) is 4.69. The fraction of sp³-hybridized carbons (Fsp3) is 0.250. The van der Waals surface area contributed by atoms with E-state index in [1.165, 1.54) is 16.7 Å². The third-order valence-corrected chi connectivity index (χ3v) is 4.79. The molecule has 0 aliphatic rings. The molecular formula is C16H16Br2O. The monoisotopic (exact) mass is 382 g/mol. The van der Waals surface area contributed by atoms with Crippen LogP contribution < -0.4 is 4.74 Å². The highest BCUT2D eigenvalue weighted by Crippen LogP contribution is 2.40. The normalized spacial score (nSPS) is 12.3. The number of rotatable bonds is 3. The molecule has 2 rings (SSSR count). The molecule has 19 heavy (non-hydrogen) atoms. The van der Waals surface area contributed by atoms with Crippen LogP contribution >= 0.6 is 31.9 Å². The maximum absolute atomic E-state index is 5.47. The molecule has 0 aliphatic heterocycles. The molecule has 2 aromatic carbocycles. The van der Waals surface area contributed by atoms with Crippen LogP contribution in [-0.2, 0) is 0 Å². The van der Waals surface area contributed by atoms with Crippen molar-refractivity contribution in [1.29, 1.82) is 0 Å². The molecule has 0 N–H and O–H groups in total. The number of ether oxygens (including phenoxy) is 1. The predicted molar refractivity (Wildman–Crippen MR) is 87.4 cm³/mol. The standard InChI is InChI=1S/C16H16Br2O/c1-10-4-6-14(17)12(8-10)16(18)13-9-11(2)5-7-15(13)19-3/h4-9,16H,1-3H3. The van der Waals surface area contributed by atoms with E-state index in [4.69, 9.17) is 4.74 Å². The Morgan fingerprint density at radius 2 is 1.53 bits per heavy atom. The fourth-order valence-corrected chi connectivity index (χ4v) is 3.60. The van der Waals surface area contributed by atoms with Crippen LogP contribution in [0.2, 0.25) is 0 Å². The van der Waals surface area contributed by atoms with Crippen molar-refractivity contribution in [1.82, 2.24) is 0 Å². The first-order valence-corrected chi connectivity index (χ1v) is 7.78. The van der Waals surface area contributed by atoms with Gasteiger partial charge in [-0.3, -0.25) is 0 Å². The topological polar surface area (TPSA) is 9.23 Å². The zero-order valence-corrected chi connectivity index (χ0v) is 14.4. The van der Waals surface area contributed by atoms with E-state index >= 15 is 0 Å². The van der Waals surface area contributed by atoms with Gasteiger partial charge in [-0.25, -0.2) is 0 Å². The molecule has 0 heterocycles. The lowest BCUT2D eigenvalue weighted by Crippen LogP contribution is -1.99. The van der Waals surface area contributed by atoms with Gasteiger partial charge in [-0.2, -0.15) is 0 Å². The van der Waals surface area contributed by atoms with Crippen LogP contribution in [0.4, 0.5) is 0 Å². The van der Waals surface area contributed by atoms with Crippen LogP contribution in [0.3, 0.4) is 0 Å². The Labute approximate surface area is 131 Å². The molecule has 100 valence electrons. The second kappa shape index (κ2) is 6.10. The van der Waals surface area contributed by atoms with Crippen LogP contribution in [0.1, 0.15) is 27.1 Å². The van der Waals surface area contributed by atoms with E-state index in [9.17, 15) is 0 Å². The largest absolute Gasteiger partial charge is 0.496 e. The summed E-state index contributed by atoms with van der Waals surface area (Å²) in [6.45, 7) is 4.19. The van der Waals surface area contributed by atoms with E-state index in [0.717, 1.165) is 15.8 Å². The van der Waals surface area contributed by atoms with Crippen LogP contribution in [-0.4, -0.2) is 7.11 Å². The fourth-order valence-electron chi connectivity index (χ4n) is 2.08. The highest BCUT2D eigenvalue weighted by Gasteiger charge is 2.18. The summed E-state index contributed by atoms with van der Waals surface area (Å²) in [6.07, 6.45) is 0. The van der Waals surface area contributed by atoms with Gasteiger partial charge in [0.05, 0.1) is 11.9 Å². The zero-order chi connectivity index (χ0) is 14.0. The Morgan fingerprint density at radius 3 is 2.16 bits per heavy atom. The molecule has 0 radical (unpaired) electrons. The smallest absolute Gasteiger partial charge is 0.123 e. The molecule has 0 bridgehead atoms. The number of hydrogen-bond acceptors (Lipinski definition) is 1. The highest BCUT2D eigenvalue weighted by atomic mass is 79.9. The Bertz CT molecular complexity index is 593. The van der Waals surface area contributed by atoms with Crippen molar-refractivity contribution in [3.05, 3.63) is 63.1 Å². The molecule has 0 amide bonds. The average molecular weight is 384 g/mol. The first-order valence-electron chi connectivity index (χ1n) is 6.07. The van der Waals surface area contributed by atoms with Crippen molar-refractivity contribution < 1.29 is 4.74 Å². The number of methoxy groups -OCH3 is 1. The van der Waals surface area contributed by atoms with Gasteiger partial charge in [-0.05, 0) is 31.5 Å². The second-order valence-electron chi connectivity index (χ2n) is 4.63. The molecule has 3 heteroatoms. The molecule has 1 unspecified atom stereocenters. The van der Waals surface area contributed by atoms with Crippen molar-refractivity contribution in [2.24, 2.45) is 0 Å². The molecule has 0 fully saturated rings. The summed E-state index contributed by atoms with van der Waals surface area (Å²) in [6, 6.07) is 12.6. The van der Waals surface area contributed by atoms with Gasteiger partial charge in [0.1, 0.15) is 5.75 Å². The van der Waals surface area contributed by atoms with Gasteiger partial charge >= 0.3 is 0 Å². The third-order valence-electron chi connectivity index (χ3n) is 3.08. The van der Waals surface area contributed by atoms with Crippen molar-refractivity contribution in [2.45, 2.75) is 18.7 Å². The average Bonchev–Trinajstić information content (AvgIpc) is 2.40. The number of alkyl halides is 1. The van der Waals surface area contributed by atoms with Crippen molar-refractivity contribution in [3.63, 3.8) is 0 Å². The summed E-state index contributed by atoms with van der Waals surface area (Å²) >= 11 is 7.42. The summed E-state index contributed by atoms with van der Waals surface area (Å²) in [7, 11) is 1.71. The SMILES string of the molecule is COc1ccc(C)cc1C(Br)c1cc(C)ccc1Br. The molecule has 0 saturated heterocycles. The van der Waals surface area contributed by atoms with Gasteiger partial charge < -0.3 is 4.74 Å². The maximum atomic E-state index is 5.47. The van der Waals surface area contributed by atoms with Crippen LogP contribution in [0.25, 0.3) is 0 Å². The summed E-state index contributed by atoms with van der Waals surface area (Å²) in [5.41, 5.74) is 4.83. The molecule has 2 aromatic rings. The van der Waals surface area contributed by atoms with Gasteiger partial charge in [0.15, 0.2) is 0 Å². The molecule has 0 spiro atoms. The molecule has 0 aromatic heterocycles. The first-order chi connectivity index (χ1) is 9.02. The number of aryl methyl sites for hydroxylation is 2. The van der Waals surface area contributed by atoms with E-state index in [-0.39, 0.29) is 4.83 Å². The molecule has 0 aliphatic carbocycles. The number of halogens is 2. The zero-order valence-electron chi connectivity index (χ0n) is 11.2. The Balaban J connectivity index is 2.51. The first kappa shape index (κ1) is 14.6. The van der Waals surface area contributed by atoms with E-state index in [1.807, 2.05) is 6.07 Å². The van der Waals surface area contributed by atoms with Gasteiger partial charge in [-0.15, -0.1) is 0 Å². The van der Waals surface area contributed by atoms with Gasteiger partial charge in [0.25, 0.3) is 0 Å². The van der Waals surface area contributed by atoms with Crippen LogP contribution in [0.15, 0.2) is 40.9 Å². The quantitative estimate of drug-likeness (QED) is 0.630. The van der Waals surface area contributed by atoms with Crippen molar-refractivity contribution in [2.75, 3.05) is 7.11 Å². The summed E-state index contributed by atoms with van der Waals surface area (Å²) in [5.74, 6) is 0.904. The molecular weight excluding hydrogens is 368 g/mol. The predicted octanol–water partition coefficient (Wildman–Crippen LogP) is 5.56. The lowest BCUT2D eigenvalue weighted by molar-refractivity contribution is 0.410. The third kappa shape index (κ3) is 3.21. The second-order valence-corrected chi connectivity index (χ2v) is 6.40. The minimum absolute atomic E-state index is 0.108. The minimum Gasteiger partial charge on any atom is -0.496 e. The van der Waals surface area contributed by atoms with Gasteiger partial charge in [0, 0.05) is 10.0 Å². The summed E-state index contributed by atoms with van der Waals surface area (Å²) in [5, 5.41) is 0. The van der Waals surface area contributed by atoms with Gasteiger partial charge in [-0.1, -0.05) is 67.3 Å². The van der Waals surface area contributed by atoms with Crippen molar-refractivity contribution in [3.8, 4) is 5.75 Å². The van der Waals surface area contributed by atoms with Crippen LogP contribution in [0, 0.1) is 13.8 Å². The number of hydrogen-bond donors (Lipinski definition) is 0. The maximum Gasteiger partial charge on any atom is 0.123 e. The number of benzene rings is 2. The van der Waals surface area contributed by atoms with E-state index < -0.39 is 0 Å². The molecule has 1 nitrogen and oxygen atoms in total. The van der Waals surface area contributed by atoms with E-state index in [1.54, 1.807) is 7.11 Å². The van der Waals surface area contributed by atoms with Crippen LogP contribution in [0.5, 0.6) is 5.75 Å².